The molecule has 0 saturated heterocycles. The predicted molar refractivity (Wildman–Crippen MR) is 71.9 cm³/mol. The van der Waals surface area contributed by atoms with Crippen molar-refractivity contribution in [2.75, 3.05) is 5.32 Å². The van der Waals surface area contributed by atoms with Crippen molar-refractivity contribution < 1.29 is 18.3 Å². The number of aromatic nitrogens is 2. The number of halogens is 2. The Morgan fingerprint density at radius 3 is 2.33 bits per heavy atom. The summed E-state index contributed by atoms with van der Waals surface area (Å²) in [4.78, 5) is 19.3. The maximum Gasteiger partial charge on any atom is 0.237 e. The molecule has 0 atom stereocenters. The Labute approximate surface area is 120 Å². The van der Waals surface area contributed by atoms with Crippen LogP contribution < -0.4 is 10.1 Å². The molecule has 1 heterocycles. The Bertz CT molecular complexity index is 625. The molecule has 0 fully saturated rings. The van der Waals surface area contributed by atoms with E-state index in [1.807, 2.05) is 0 Å². The fourth-order valence-electron chi connectivity index (χ4n) is 1.41. The van der Waals surface area contributed by atoms with Gasteiger partial charge in [0.05, 0.1) is 12.4 Å². The average molecular weight is 293 g/mol. The summed E-state index contributed by atoms with van der Waals surface area (Å²) in [6.45, 7) is 3.50. The first-order valence-corrected chi connectivity index (χ1v) is 6.21. The van der Waals surface area contributed by atoms with Crippen LogP contribution in [0.3, 0.4) is 0 Å². The maximum absolute atomic E-state index is 13.0. The van der Waals surface area contributed by atoms with Crippen LogP contribution in [0.4, 0.5) is 14.6 Å². The molecule has 5 nitrogen and oxygen atoms in total. The van der Waals surface area contributed by atoms with Gasteiger partial charge < -0.3 is 10.1 Å². The Morgan fingerprint density at radius 1 is 1.14 bits per heavy atom. The van der Waals surface area contributed by atoms with Crippen molar-refractivity contribution in [2.24, 2.45) is 5.92 Å². The van der Waals surface area contributed by atoms with E-state index in [4.69, 9.17) is 4.74 Å². The number of hydrogen-bond acceptors (Lipinski definition) is 4. The van der Waals surface area contributed by atoms with Crippen LogP contribution >= 0.6 is 0 Å². The Morgan fingerprint density at radius 2 is 1.81 bits per heavy atom. The highest BCUT2D eigenvalue weighted by molar-refractivity contribution is 5.90. The fourth-order valence-corrected chi connectivity index (χ4v) is 1.41. The minimum absolute atomic E-state index is 0.0271. The first-order valence-electron chi connectivity index (χ1n) is 6.21. The second kappa shape index (κ2) is 6.25. The van der Waals surface area contributed by atoms with E-state index in [1.54, 1.807) is 13.8 Å². The fraction of sp³-hybridized carbons (Fsp3) is 0.214. The lowest BCUT2D eigenvalue weighted by Crippen LogP contribution is -2.18. The van der Waals surface area contributed by atoms with Crippen LogP contribution in [-0.2, 0) is 4.79 Å². The quantitative estimate of drug-likeness (QED) is 0.940. The second-order valence-corrected chi connectivity index (χ2v) is 4.59. The summed E-state index contributed by atoms with van der Waals surface area (Å²) in [5, 5.41) is 2.56. The molecule has 0 spiro atoms. The van der Waals surface area contributed by atoms with Gasteiger partial charge in [0, 0.05) is 24.1 Å². The summed E-state index contributed by atoms with van der Waals surface area (Å²) >= 11 is 0. The number of nitrogens with one attached hydrogen (secondary N) is 1. The number of hydrogen-bond donors (Lipinski definition) is 1. The van der Waals surface area contributed by atoms with Gasteiger partial charge in [-0.15, -0.1) is 0 Å². The van der Waals surface area contributed by atoms with Gasteiger partial charge in [0.25, 0.3) is 0 Å². The van der Waals surface area contributed by atoms with Crippen LogP contribution in [-0.4, -0.2) is 15.9 Å². The average Bonchev–Trinajstić information content (AvgIpc) is 2.39. The van der Waals surface area contributed by atoms with Crippen LogP contribution in [0.2, 0.25) is 0 Å². The molecule has 1 amide bonds. The van der Waals surface area contributed by atoms with E-state index >= 15 is 0 Å². The largest absolute Gasteiger partial charge is 0.437 e. The number of benzene rings is 1. The molecular weight excluding hydrogens is 280 g/mol. The monoisotopic (exact) mass is 293 g/mol. The number of amides is 1. The van der Waals surface area contributed by atoms with Crippen molar-refractivity contribution in [1.29, 1.82) is 0 Å². The molecule has 2 aromatic rings. The molecule has 0 radical (unpaired) electrons. The van der Waals surface area contributed by atoms with Gasteiger partial charge in [-0.3, -0.25) is 4.79 Å². The molecule has 2 rings (SSSR count). The first kappa shape index (κ1) is 14.8. The number of ether oxygens (including phenoxy) is 1. The normalized spacial score (nSPS) is 10.5. The Hall–Kier alpha value is -2.57. The van der Waals surface area contributed by atoms with Crippen molar-refractivity contribution in [3.63, 3.8) is 0 Å². The molecule has 1 N–H and O–H groups in total. The van der Waals surface area contributed by atoms with Gasteiger partial charge in [-0.2, -0.15) is 0 Å². The highest BCUT2D eigenvalue weighted by Crippen LogP contribution is 2.21. The third kappa shape index (κ3) is 4.20. The van der Waals surface area contributed by atoms with E-state index < -0.39 is 11.6 Å². The Kier molecular flexibility index (Phi) is 4.42. The summed E-state index contributed by atoms with van der Waals surface area (Å²) in [6.07, 6.45) is 2.55. The van der Waals surface area contributed by atoms with Gasteiger partial charge in [-0.1, -0.05) is 13.8 Å². The van der Waals surface area contributed by atoms with E-state index in [1.165, 1.54) is 12.4 Å². The molecule has 1 aromatic carbocycles. The number of carbonyl (C=O) groups is 1. The molecule has 0 unspecified atom stereocenters. The van der Waals surface area contributed by atoms with Crippen LogP contribution in [0, 0.1) is 17.6 Å². The third-order valence-electron chi connectivity index (χ3n) is 2.46. The van der Waals surface area contributed by atoms with E-state index in [0.717, 1.165) is 18.2 Å². The number of carbonyl (C=O) groups excluding carboxylic acids is 1. The van der Waals surface area contributed by atoms with Crippen LogP contribution in [0.15, 0.2) is 30.6 Å². The van der Waals surface area contributed by atoms with Crippen LogP contribution in [0.1, 0.15) is 13.8 Å². The smallest absolute Gasteiger partial charge is 0.237 e. The molecule has 1 aromatic heterocycles. The standard InChI is InChI=1S/C14H13F2N3O2/c1-8(2)14(20)19-12-6-18-13(7-17-12)21-11-4-9(15)3-10(16)5-11/h3-8H,1-2H3,(H,17,19,20). The SMILES string of the molecule is CC(C)C(=O)Nc1cnc(Oc2cc(F)cc(F)c2)cn1. The van der Waals surface area contributed by atoms with Crippen molar-refractivity contribution in [1.82, 2.24) is 9.97 Å². The number of rotatable bonds is 4. The summed E-state index contributed by atoms with van der Waals surface area (Å²) in [5.74, 6) is -1.57. The number of anilines is 1. The zero-order valence-electron chi connectivity index (χ0n) is 11.4. The van der Waals surface area contributed by atoms with Gasteiger partial charge >= 0.3 is 0 Å². The number of nitrogens with zero attached hydrogens (tertiary/aromatic N) is 2. The van der Waals surface area contributed by atoms with E-state index in [9.17, 15) is 13.6 Å². The predicted octanol–water partition coefficient (Wildman–Crippen LogP) is 3.14. The lowest BCUT2D eigenvalue weighted by molar-refractivity contribution is -0.118. The lowest BCUT2D eigenvalue weighted by Gasteiger charge is -2.08. The van der Waals surface area contributed by atoms with E-state index in [-0.39, 0.29) is 29.3 Å². The summed E-state index contributed by atoms with van der Waals surface area (Å²) in [7, 11) is 0. The molecule has 110 valence electrons. The zero-order chi connectivity index (χ0) is 15.4. The minimum Gasteiger partial charge on any atom is -0.437 e. The molecule has 0 bridgehead atoms. The molecule has 0 saturated carbocycles. The second-order valence-electron chi connectivity index (χ2n) is 4.59. The van der Waals surface area contributed by atoms with Gasteiger partial charge in [-0.25, -0.2) is 18.7 Å². The molecule has 7 heteroatoms. The minimum atomic E-state index is -0.751. The first-order chi connectivity index (χ1) is 9.94. The molecule has 0 aliphatic heterocycles. The van der Waals surface area contributed by atoms with E-state index in [2.05, 4.69) is 15.3 Å². The summed E-state index contributed by atoms with van der Waals surface area (Å²) < 4.78 is 31.2. The van der Waals surface area contributed by atoms with Gasteiger partial charge in [0.2, 0.25) is 11.8 Å². The topological polar surface area (TPSA) is 64.1 Å². The lowest BCUT2D eigenvalue weighted by atomic mass is 10.2. The summed E-state index contributed by atoms with van der Waals surface area (Å²) in [5.41, 5.74) is 0. The van der Waals surface area contributed by atoms with Gasteiger partial charge in [0.15, 0.2) is 5.82 Å². The van der Waals surface area contributed by atoms with E-state index in [0.29, 0.717) is 0 Å². The van der Waals surface area contributed by atoms with Crippen LogP contribution in [0.25, 0.3) is 0 Å². The molecule has 0 aliphatic rings. The van der Waals surface area contributed by atoms with Crippen molar-refractivity contribution in [3.8, 4) is 11.6 Å². The third-order valence-corrected chi connectivity index (χ3v) is 2.46. The van der Waals surface area contributed by atoms with Crippen LogP contribution in [0.5, 0.6) is 11.6 Å². The highest BCUT2D eigenvalue weighted by Gasteiger charge is 2.09. The van der Waals surface area contributed by atoms with Crippen molar-refractivity contribution in [3.05, 3.63) is 42.2 Å². The highest BCUT2D eigenvalue weighted by atomic mass is 19.1. The Balaban J connectivity index is 2.07. The molecule has 0 aliphatic carbocycles. The van der Waals surface area contributed by atoms with Gasteiger partial charge in [-0.05, 0) is 0 Å². The molecular formula is C14H13F2N3O2. The zero-order valence-corrected chi connectivity index (χ0v) is 11.4. The van der Waals surface area contributed by atoms with Crippen molar-refractivity contribution in [2.45, 2.75) is 13.8 Å². The maximum atomic E-state index is 13.0. The van der Waals surface area contributed by atoms with Gasteiger partial charge in [0.1, 0.15) is 17.4 Å². The van der Waals surface area contributed by atoms with Crippen molar-refractivity contribution >= 4 is 11.7 Å². The summed E-state index contributed by atoms with van der Waals surface area (Å²) in [6, 6.07) is 2.79. The molecule has 21 heavy (non-hydrogen) atoms.